The molecule has 1 saturated heterocycles. The minimum Gasteiger partial charge on any atom is -0.342 e. The summed E-state index contributed by atoms with van der Waals surface area (Å²) in [4.78, 5) is 15.5. The Kier molecular flexibility index (Phi) is 7.23. The average Bonchev–Trinajstić information content (AvgIpc) is 2.86. The lowest BCUT2D eigenvalue weighted by Crippen LogP contribution is -2.34. The number of benzene rings is 1. The molecular weight excluding hydrogens is 316 g/mol. The predicted molar refractivity (Wildman–Crippen MR) is 96.9 cm³/mol. The molecule has 22 heavy (non-hydrogen) atoms. The van der Waals surface area contributed by atoms with Crippen LogP contribution in [0, 0.1) is 19.3 Å². The third kappa shape index (κ3) is 4.90. The summed E-state index contributed by atoms with van der Waals surface area (Å²) in [6.07, 6.45) is 1.64. The number of thioether (sulfide) groups is 1. The Labute approximate surface area is 144 Å². The molecular formula is C17H27ClN2OS. The van der Waals surface area contributed by atoms with Gasteiger partial charge in [-0.2, -0.15) is 0 Å². The summed E-state index contributed by atoms with van der Waals surface area (Å²) in [5.74, 6) is 1.11. The molecule has 1 aromatic rings. The van der Waals surface area contributed by atoms with Gasteiger partial charge in [-0.3, -0.25) is 4.79 Å². The number of hydrogen-bond donors (Lipinski definition) is 1. The van der Waals surface area contributed by atoms with E-state index in [-0.39, 0.29) is 23.7 Å². The van der Waals surface area contributed by atoms with E-state index in [9.17, 15) is 4.79 Å². The number of hydrogen-bond acceptors (Lipinski definition) is 3. The van der Waals surface area contributed by atoms with Gasteiger partial charge < -0.3 is 10.6 Å². The largest absolute Gasteiger partial charge is 0.342 e. The highest BCUT2D eigenvalue weighted by molar-refractivity contribution is 7.99. The third-order valence-corrected chi connectivity index (χ3v) is 5.46. The Balaban J connectivity index is 0.00000242. The van der Waals surface area contributed by atoms with Crippen LogP contribution < -0.4 is 5.73 Å². The van der Waals surface area contributed by atoms with Crippen LogP contribution in [-0.2, 0) is 4.79 Å². The Morgan fingerprint density at radius 3 is 2.68 bits per heavy atom. The van der Waals surface area contributed by atoms with Gasteiger partial charge in [0.15, 0.2) is 0 Å². The molecule has 1 fully saturated rings. The zero-order chi connectivity index (χ0) is 15.5. The van der Waals surface area contributed by atoms with Crippen molar-refractivity contribution in [1.82, 2.24) is 4.90 Å². The summed E-state index contributed by atoms with van der Waals surface area (Å²) in [5.41, 5.74) is 8.54. The molecule has 0 aromatic heterocycles. The zero-order valence-corrected chi connectivity index (χ0v) is 15.4. The fourth-order valence-electron chi connectivity index (χ4n) is 2.62. The molecule has 2 rings (SSSR count). The number of rotatable bonds is 5. The summed E-state index contributed by atoms with van der Waals surface area (Å²) >= 11 is 1.76. The van der Waals surface area contributed by atoms with Gasteiger partial charge in [0.25, 0.3) is 0 Å². The molecule has 0 radical (unpaired) electrons. The van der Waals surface area contributed by atoms with Crippen molar-refractivity contribution in [1.29, 1.82) is 0 Å². The summed E-state index contributed by atoms with van der Waals surface area (Å²) in [6, 6.07) is 6.48. The quantitative estimate of drug-likeness (QED) is 0.834. The fourth-order valence-corrected chi connectivity index (χ4v) is 3.56. The summed E-state index contributed by atoms with van der Waals surface area (Å²) in [5, 5.41) is 0. The van der Waals surface area contributed by atoms with Gasteiger partial charge in [0.05, 0.1) is 0 Å². The lowest BCUT2D eigenvalue weighted by molar-refractivity contribution is -0.130. The van der Waals surface area contributed by atoms with E-state index in [1.165, 1.54) is 16.0 Å². The number of carbonyl (C=O) groups excluding carboxylic acids is 1. The lowest BCUT2D eigenvalue weighted by Gasteiger charge is -2.22. The molecule has 0 bridgehead atoms. The highest BCUT2D eigenvalue weighted by atomic mass is 35.5. The second-order valence-electron chi connectivity index (χ2n) is 6.42. The molecule has 1 aliphatic rings. The maximum Gasteiger partial charge on any atom is 0.223 e. The number of amides is 1. The van der Waals surface area contributed by atoms with Crippen LogP contribution in [0.4, 0.5) is 0 Å². The van der Waals surface area contributed by atoms with Gasteiger partial charge in [-0.25, -0.2) is 0 Å². The molecule has 1 heterocycles. The van der Waals surface area contributed by atoms with Crippen LogP contribution in [0.1, 0.15) is 30.9 Å². The smallest absolute Gasteiger partial charge is 0.223 e. The molecule has 1 aromatic carbocycles. The van der Waals surface area contributed by atoms with E-state index < -0.39 is 0 Å². The number of carbonyl (C=O) groups is 1. The topological polar surface area (TPSA) is 46.3 Å². The molecule has 5 heteroatoms. The molecule has 2 N–H and O–H groups in total. The third-order valence-electron chi connectivity index (χ3n) is 4.47. The first kappa shape index (κ1) is 19.3. The molecule has 1 atom stereocenters. The second-order valence-corrected chi connectivity index (χ2v) is 7.59. The van der Waals surface area contributed by atoms with Gasteiger partial charge in [0, 0.05) is 30.2 Å². The molecule has 3 nitrogen and oxygen atoms in total. The molecule has 0 spiro atoms. The monoisotopic (exact) mass is 342 g/mol. The first-order chi connectivity index (χ1) is 9.93. The van der Waals surface area contributed by atoms with Crippen molar-refractivity contribution in [2.75, 3.05) is 25.4 Å². The molecule has 0 saturated carbocycles. The van der Waals surface area contributed by atoms with E-state index in [0.717, 1.165) is 25.3 Å². The van der Waals surface area contributed by atoms with Gasteiger partial charge in [0.2, 0.25) is 5.91 Å². The molecule has 1 unspecified atom stereocenters. The van der Waals surface area contributed by atoms with Crippen molar-refractivity contribution in [3.63, 3.8) is 0 Å². The number of nitrogens with zero attached hydrogens (tertiary/aromatic N) is 1. The van der Waals surface area contributed by atoms with Crippen LogP contribution in [0.5, 0.6) is 0 Å². The van der Waals surface area contributed by atoms with Crippen molar-refractivity contribution in [3.8, 4) is 0 Å². The first-order valence-corrected chi connectivity index (χ1v) is 8.60. The zero-order valence-electron chi connectivity index (χ0n) is 13.7. The average molecular weight is 343 g/mol. The summed E-state index contributed by atoms with van der Waals surface area (Å²) in [6.45, 7) is 8.76. The van der Waals surface area contributed by atoms with E-state index in [0.29, 0.717) is 13.0 Å². The summed E-state index contributed by atoms with van der Waals surface area (Å²) < 4.78 is 0. The van der Waals surface area contributed by atoms with Crippen molar-refractivity contribution in [2.24, 2.45) is 11.1 Å². The van der Waals surface area contributed by atoms with Gasteiger partial charge in [-0.1, -0.05) is 13.0 Å². The van der Waals surface area contributed by atoms with Gasteiger partial charge in [-0.05, 0) is 55.5 Å². The second kappa shape index (κ2) is 8.23. The minimum absolute atomic E-state index is 0. The lowest BCUT2D eigenvalue weighted by atomic mass is 9.90. The van der Waals surface area contributed by atoms with Gasteiger partial charge >= 0.3 is 0 Å². The van der Waals surface area contributed by atoms with Crippen molar-refractivity contribution in [2.45, 2.75) is 38.5 Å². The number of aryl methyl sites for hydroxylation is 2. The van der Waals surface area contributed by atoms with Crippen molar-refractivity contribution >= 4 is 30.1 Å². The van der Waals surface area contributed by atoms with Crippen molar-refractivity contribution in [3.05, 3.63) is 29.3 Å². The molecule has 0 aliphatic carbocycles. The maximum atomic E-state index is 12.2. The Hall–Kier alpha value is -0.710. The van der Waals surface area contributed by atoms with E-state index in [4.69, 9.17) is 5.73 Å². The normalized spacial score (nSPS) is 20.8. The standard InChI is InChI=1S/C17H26N2OS.ClH/c1-13-4-5-15(10-14(13)2)21-9-6-16(20)19-8-7-17(3,11-18)12-19;/h4-5,10H,6-9,11-12,18H2,1-3H3;1H. The Morgan fingerprint density at radius 1 is 1.36 bits per heavy atom. The predicted octanol–water partition coefficient (Wildman–Crippen LogP) is 3.40. The minimum atomic E-state index is 0. The highest BCUT2D eigenvalue weighted by Crippen LogP contribution is 2.29. The maximum absolute atomic E-state index is 12.2. The van der Waals surface area contributed by atoms with Crippen LogP contribution in [0.3, 0.4) is 0 Å². The van der Waals surface area contributed by atoms with Gasteiger partial charge in [0.1, 0.15) is 0 Å². The van der Waals surface area contributed by atoms with Crippen molar-refractivity contribution < 1.29 is 4.79 Å². The van der Waals surface area contributed by atoms with E-state index >= 15 is 0 Å². The Bertz CT molecular complexity index is 523. The van der Waals surface area contributed by atoms with Crippen LogP contribution in [0.15, 0.2) is 23.1 Å². The van der Waals surface area contributed by atoms with Gasteiger partial charge in [-0.15, -0.1) is 24.2 Å². The van der Waals surface area contributed by atoms with Crippen LogP contribution >= 0.6 is 24.2 Å². The summed E-state index contributed by atoms with van der Waals surface area (Å²) in [7, 11) is 0. The number of halogens is 1. The number of likely N-dealkylation sites (tertiary alicyclic amines) is 1. The van der Waals surface area contributed by atoms with Crippen LogP contribution in [-0.4, -0.2) is 36.2 Å². The van der Waals surface area contributed by atoms with E-state index in [2.05, 4.69) is 39.0 Å². The fraction of sp³-hybridized carbons (Fsp3) is 0.588. The first-order valence-electron chi connectivity index (χ1n) is 7.61. The molecule has 124 valence electrons. The molecule has 1 amide bonds. The van der Waals surface area contributed by atoms with Crippen LogP contribution in [0.25, 0.3) is 0 Å². The highest BCUT2D eigenvalue weighted by Gasteiger charge is 2.34. The van der Waals surface area contributed by atoms with Crippen LogP contribution in [0.2, 0.25) is 0 Å². The van der Waals surface area contributed by atoms with E-state index in [1.807, 2.05) is 4.90 Å². The SMILES string of the molecule is Cc1ccc(SCCC(=O)N2CCC(C)(CN)C2)cc1C.Cl. The number of nitrogens with two attached hydrogens (primary N) is 1. The molecule has 1 aliphatic heterocycles. The Morgan fingerprint density at radius 2 is 2.09 bits per heavy atom. The van der Waals surface area contributed by atoms with E-state index in [1.54, 1.807) is 11.8 Å².